The molecule has 0 radical (unpaired) electrons. The van der Waals surface area contributed by atoms with Gasteiger partial charge in [0.1, 0.15) is 17.4 Å². The lowest BCUT2D eigenvalue weighted by molar-refractivity contribution is -0.384. The molecule has 3 aromatic rings. The molecule has 0 bridgehead atoms. The first kappa shape index (κ1) is 22.0. The van der Waals surface area contributed by atoms with Crippen molar-refractivity contribution in [3.05, 3.63) is 98.6 Å². The number of carbonyl (C=O) groups excluding carboxylic acids is 3. The van der Waals surface area contributed by atoms with Crippen molar-refractivity contribution in [3.8, 4) is 5.75 Å². The van der Waals surface area contributed by atoms with Gasteiger partial charge in [0.2, 0.25) is 0 Å². The Morgan fingerprint density at radius 2 is 1.64 bits per heavy atom. The lowest BCUT2D eigenvalue weighted by Gasteiger charge is -2.27. The maximum atomic E-state index is 13.4. The molecule has 1 aliphatic heterocycles. The Balaban J connectivity index is 1.74. The number of anilines is 1. The summed E-state index contributed by atoms with van der Waals surface area (Å²) in [5.74, 6) is -1.20. The summed E-state index contributed by atoms with van der Waals surface area (Å²) in [4.78, 5) is 51.9. The molecule has 0 unspecified atom stereocenters. The number of hydrogen-bond acceptors (Lipinski definition) is 6. The van der Waals surface area contributed by atoms with Crippen LogP contribution in [0.25, 0.3) is 0 Å². The van der Waals surface area contributed by atoms with E-state index in [-0.39, 0.29) is 21.7 Å². The molecule has 0 N–H and O–H groups in total. The highest BCUT2D eigenvalue weighted by Gasteiger charge is 2.37. The van der Waals surface area contributed by atoms with E-state index in [4.69, 9.17) is 16.3 Å². The van der Waals surface area contributed by atoms with Gasteiger partial charge in [-0.05, 0) is 48.5 Å². The number of imide groups is 1. The zero-order valence-electron chi connectivity index (χ0n) is 17.2. The summed E-state index contributed by atoms with van der Waals surface area (Å²) in [6.45, 7) is -0.395. The number of hydrogen-bond donors (Lipinski definition) is 0. The highest BCUT2D eigenvalue weighted by molar-refractivity contribution is 6.32. The first-order valence-electron chi connectivity index (χ1n) is 9.67. The minimum Gasteiger partial charge on any atom is -0.497 e. The van der Waals surface area contributed by atoms with Crippen molar-refractivity contribution in [3.63, 3.8) is 0 Å². The minimum atomic E-state index is -0.693. The van der Waals surface area contributed by atoms with Crippen molar-refractivity contribution in [1.29, 1.82) is 0 Å². The van der Waals surface area contributed by atoms with Gasteiger partial charge in [0.05, 0.1) is 23.2 Å². The van der Waals surface area contributed by atoms with E-state index in [1.165, 1.54) is 36.3 Å². The van der Waals surface area contributed by atoms with Gasteiger partial charge < -0.3 is 4.74 Å². The molecular formula is C23H16ClN3O6. The largest absolute Gasteiger partial charge is 0.497 e. The van der Waals surface area contributed by atoms with E-state index in [1.54, 1.807) is 36.4 Å². The zero-order chi connectivity index (χ0) is 23.7. The number of carbonyl (C=O) groups is 3. The summed E-state index contributed by atoms with van der Waals surface area (Å²) in [5, 5.41) is 11.2. The van der Waals surface area contributed by atoms with Crippen molar-refractivity contribution in [2.24, 2.45) is 0 Å². The second-order valence-electron chi connectivity index (χ2n) is 7.08. The van der Waals surface area contributed by atoms with Gasteiger partial charge in [-0.25, -0.2) is 0 Å². The van der Waals surface area contributed by atoms with Crippen molar-refractivity contribution in [1.82, 2.24) is 4.90 Å². The molecule has 3 aromatic carbocycles. The standard InChI is InChI=1S/C23H16ClN3O6/c1-33-16-9-7-15(8-10-16)25(21(28)14-6-11-19(24)20(12-14)27(31)32)13-26-22(29)17-4-2-3-5-18(17)23(26)30/h2-12H,13H2,1H3. The molecule has 0 atom stereocenters. The van der Waals surface area contributed by atoms with Gasteiger partial charge in [0, 0.05) is 17.3 Å². The van der Waals surface area contributed by atoms with Crippen LogP contribution in [0.3, 0.4) is 0 Å². The smallest absolute Gasteiger partial charge is 0.288 e. The van der Waals surface area contributed by atoms with Gasteiger partial charge in [0.25, 0.3) is 23.4 Å². The number of halogens is 1. The quantitative estimate of drug-likeness (QED) is 0.307. The van der Waals surface area contributed by atoms with Crippen LogP contribution in [0.5, 0.6) is 5.75 Å². The molecule has 4 rings (SSSR count). The van der Waals surface area contributed by atoms with E-state index in [0.717, 1.165) is 11.0 Å². The number of rotatable bonds is 6. The second-order valence-corrected chi connectivity index (χ2v) is 7.49. The van der Waals surface area contributed by atoms with Gasteiger partial charge in [-0.1, -0.05) is 23.7 Å². The molecule has 9 nitrogen and oxygen atoms in total. The number of nitro groups is 1. The Bertz CT molecular complexity index is 1260. The van der Waals surface area contributed by atoms with Crippen LogP contribution in [-0.2, 0) is 0 Å². The van der Waals surface area contributed by atoms with E-state index in [2.05, 4.69) is 0 Å². The third-order valence-corrected chi connectivity index (χ3v) is 5.50. The van der Waals surface area contributed by atoms with Crippen LogP contribution in [-0.4, -0.2) is 41.3 Å². The van der Waals surface area contributed by atoms with Crippen molar-refractivity contribution in [2.75, 3.05) is 18.7 Å². The number of ether oxygens (including phenoxy) is 1. The molecule has 0 fully saturated rings. The van der Waals surface area contributed by atoms with Gasteiger partial charge in [-0.2, -0.15) is 0 Å². The Morgan fingerprint density at radius 3 is 2.18 bits per heavy atom. The molecule has 33 heavy (non-hydrogen) atoms. The Labute approximate surface area is 192 Å². The Kier molecular flexibility index (Phi) is 5.80. The first-order valence-corrected chi connectivity index (χ1v) is 10.0. The fraction of sp³-hybridized carbons (Fsp3) is 0.0870. The normalized spacial score (nSPS) is 12.5. The molecule has 0 aromatic heterocycles. The molecule has 3 amide bonds. The monoisotopic (exact) mass is 465 g/mol. The predicted molar refractivity (Wildman–Crippen MR) is 120 cm³/mol. The minimum absolute atomic E-state index is 0.0291. The van der Waals surface area contributed by atoms with Crippen LogP contribution < -0.4 is 9.64 Å². The average molecular weight is 466 g/mol. The van der Waals surface area contributed by atoms with Crippen molar-refractivity contribution < 1.29 is 24.0 Å². The molecular weight excluding hydrogens is 450 g/mol. The van der Waals surface area contributed by atoms with Crippen LogP contribution in [0.1, 0.15) is 31.1 Å². The van der Waals surface area contributed by atoms with E-state index in [9.17, 15) is 24.5 Å². The molecule has 0 spiro atoms. The summed E-state index contributed by atoms with van der Waals surface area (Å²) in [6.07, 6.45) is 0. The number of methoxy groups -OCH3 is 1. The van der Waals surface area contributed by atoms with Gasteiger partial charge in [-0.3, -0.25) is 34.3 Å². The third kappa shape index (κ3) is 4.01. The van der Waals surface area contributed by atoms with E-state index >= 15 is 0 Å². The van der Waals surface area contributed by atoms with Crippen LogP contribution in [0.2, 0.25) is 5.02 Å². The number of benzene rings is 3. The number of nitro benzene ring substituents is 1. The zero-order valence-corrected chi connectivity index (χ0v) is 18.0. The van der Waals surface area contributed by atoms with Crippen LogP contribution in [0.4, 0.5) is 11.4 Å². The molecule has 166 valence electrons. The predicted octanol–water partition coefficient (Wildman–Crippen LogP) is 4.16. The number of nitrogens with zero attached hydrogens (tertiary/aromatic N) is 3. The number of fused-ring (bicyclic) bond motifs is 1. The van der Waals surface area contributed by atoms with E-state index < -0.39 is 35.0 Å². The summed E-state index contributed by atoms with van der Waals surface area (Å²) in [6, 6.07) is 16.4. The van der Waals surface area contributed by atoms with Crippen molar-refractivity contribution in [2.45, 2.75) is 0 Å². The fourth-order valence-corrected chi connectivity index (χ4v) is 3.66. The molecule has 1 aliphatic rings. The maximum Gasteiger partial charge on any atom is 0.288 e. The van der Waals surface area contributed by atoms with Crippen molar-refractivity contribution >= 4 is 40.7 Å². The topological polar surface area (TPSA) is 110 Å². The highest BCUT2D eigenvalue weighted by Crippen LogP contribution is 2.29. The second kappa shape index (κ2) is 8.71. The SMILES string of the molecule is COc1ccc(N(CN2C(=O)c3ccccc3C2=O)C(=O)c2ccc(Cl)c([N+](=O)[O-])c2)cc1. The summed E-state index contributed by atoms with van der Waals surface area (Å²) < 4.78 is 5.15. The summed E-state index contributed by atoms with van der Waals surface area (Å²) in [5.41, 5.74) is 0.380. The van der Waals surface area contributed by atoms with Crippen LogP contribution >= 0.6 is 11.6 Å². The summed E-state index contributed by atoms with van der Waals surface area (Å²) in [7, 11) is 1.49. The van der Waals surface area contributed by atoms with Crippen LogP contribution in [0.15, 0.2) is 66.7 Å². The molecule has 0 aliphatic carbocycles. The maximum absolute atomic E-state index is 13.4. The highest BCUT2D eigenvalue weighted by atomic mass is 35.5. The Morgan fingerprint density at radius 1 is 1.03 bits per heavy atom. The lowest BCUT2D eigenvalue weighted by atomic mass is 10.1. The molecule has 0 saturated heterocycles. The molecule has 10 heteroatoms. The van der Waals surface area contributed by atoms with Crippen LogP contribution in [0, 0.1) is 10.1 Å². The number of amides is 3. The van der Waals surface area contributed by atoms with Gasteiger partial charge in [-0.15, -0.1) is 0 Å². The molecule has 0 saturated carbocycles. The molecule has 1 heterocycles. The van der Waals surface area contributed by atoms with E-state index in [0.29, 0.717) is 11.4 Å². The third-order valence-electron chi connectivity index (χ3n) is 5.18. The summed E-state index contributed by atoms with van der Waals surface area (Å²) >= 11 is 5.88. The van der Waals surface area contributed by atoms with Gasteiger partial charge in [0.15, 0.2) is 0 Å². The lowest BCUT2D eigenvalue weighted by Crippen LogP contribution is -2.44. The first-order chi connectivity index (χ1) is 15.8. The Hall–Kier alpha value is -4.24. The van der Waals surface area contributed by atoms with Gasteiger partial charge >= 0.3 is 0 Å². The fourth-order valence-electron chi connectivity index (χ4n) is 3.48. The average Bonchev–Trinajstić information content (AvgIpc) is 3.07. The van der Waals surface area contributed by atoms with E-state index in [1.807, 2.05) is 0 Å².